The molecule has 1 saturated heterocycles. The van der Waals surface area contributed by atoms with Gasteiger partial charge in [-0.05, 0) is 51.1 Å². The van der Waals surface area contributed by atoms with Crippen LogP contribution >= 0.6 is 11.8 Å². The Labute approximate surface area is 154 Å². The molecular weight excluding hydrogens is 332 g/mol. The Morgan fingerprint density at radius 3 is 2.84 bits per heavy atom. The molecule has 2 aromatic rings. The van der Waals surface area contributed by atoms with Crippen LogP contribution in [0.25, 0.3) is 0 Å². The summed E-state index contributed by atoms with van der Waals surface area (Å²) in [6.45, 7) is 7.75. The first-order chi connectivity index (χ1) is 12.1. The lowest BCUT2D eigenvalue weighted by Gasteiger charge is -2.20. The van der Waals surface area contributed by atoms with E-state index in [1.165, 1.54) is 16.7 Å². The Morgan fingerprint density at radius 1 is 1.28 bits per heavy atom. The lowest BCUT2D eigenvalue weighted by atomic mass is 10.1. The van der Waals surface area contributed by atoms with E-state index in [1.54, 1.807) is 11.8 Å². The van der Waals surface area contributed by atoms with Crippen LogP contribution in [-0.2, 0) is 24.4 Å². The van der Waals surface area contributed by atoms with Crippen molar-refractivity contribution in [3.05, 3.63) is 40.7 Å². The van der Waals surface area contributed by atoms with E-state index < -0.39 is 0 Å². The topological polar surface area (TPSA) is 43.2 Å². The third-order valence-electron chi connectivity index (χ3n) is 4.74. The van der Waals surface area contributed by atoms with Crippen molar-refractivity contribution in [1.82, 2.24) is 19.7 Å². The molecule has 1 fully saturated rings. The predicted octanol–water partition coefficient (Wildman–Crippen LogP) is 3.43. The summed E-state index contributed by atoms with van der Waals surface area (Å²) in [6, 6.07) is 6.64. The Morgan fingerprint density at radius 2 is 2.12 bits per heavy atom. The van der Waals surface area contributed by atoms with Gasteiger partial charge in [0.05, 0.1) is 19.2 Å². The number of hydrogen-bond donors (Lipinski definition) is 0. The van der Waals surface area contributed by atoms with Gasteiger partial charge in [-0.2, -0.15) is 0 Å². The Hall–Kier alpha value is -1.37. The van der Waals surface area contributed by atoms with Gasteiger partial charge in [-0.3, -0.25) is 4.90 Å². The number of aryl methyl sites for hydroxylation is 2. The molecule has 6 heteroatoms. The number of nitrogens with zero attached hydrogens (tertiary/aromatic N) is 4. The predicted molar refractivity (Wildman–Crippen MR) is 102 cm³/mol. The number of aromatic nitrogens is 3. The lowest BCUT2D eigenvalue weighted by Crippen LogP contribution is -2.23. The van der Waals surface area contributed by atoms with Crippen LogP contribution in [0.1, 0.15) is 35.4 Å². The average molecular weight is 361 g/mol. The summed E-state index contributed by atoms with van der Waals surface area (Å²) in [5.74, 6) is 1.02. The second kappa shape index (κ2) is 8.34. The lowest BCUT2D eigenvalue weighted by molar-refractivity contribution is 0.0934. The van der Waals surface area contributed by atoms with Crippen molar-refractivity contribution >= 4 is 11.8 Å². The SMILES string of the molecule is CSc1nnc(CN(C)Cc2cc(C)ccc2C)n1CC1CCCO1. The van der Waals surface area contributed by atoms with Gasteiger partial charge in [0, 0.05) is 13.2 Å². The Bertz CT molecular complexity index is 709. The molecule has 1 aliphatic heterocycles. The van der Waals surface area contributed by atoms with Crippen LogP contribution in [0.3, 0.4) is 0 Å². The van der Waals surface area contributed by atoms with E-state index in [2.05, 4.69) is 65.0 Å². The average Bonchev–Trinajstić information content (AvgIpc) is 3.22. The highest BCUT2D eigenvalue weighted by molar-refractivity contribution is 7.98. The summed E-state index contributed by atoms with van der Waals surface area (Å²) in [4.78, 5) is 2.31. The van der Waals surface area contributed by atoms with Crippen molar-refractivity contribution in [2.75, 3.05) is 19.9 Å². The molecule has 0 bridgehead atoms. The molecule has 0 spiro atoms. The maximum atomic E-state index is 5.81. The van der Waals surface area contributed by atoms with Crippen LogP contribution in [0.5, 0.6) is 0 Å². The van der Waals surface area contributed by atoms with Crippen LogP contribution in [-0.4, -0.2) is 45.7 Å². The van der Waals surface area contributed by atoms with Crippen LogP contribution < -0.4 is 0 Å². The highest BCUT2D eigenvalue weighted by Gasteiger charge is 2.21. The second-order valence-corrected chi connectivity index (χ2v) is 7.72. The number of thioether (sulfide) groups is 1. The molecule has 1 unspecified atom stereocenters. The van der Waals surface area contributed by atoms with Gasteiger partial charge in [0.15, 0.2) is 5.16 Å². The summed E-state index contributed by atoms with van der Waals surface area (Å²) in [5.41, 5.74) is 4.01. The summed E-state index contributed by atoms with van der Waals surface area (Å²) >= 11 is 1.65. The maximum absolute atomic E-state index is 5.81. The number of rotatable bonds is 7. The largest absolute Gasteiger partial charge is 0.376 e. The van der Waals surface area contributed by atoms with Gasteiger partial charge in [0.1, 0.15) is 5.82 Å². The van der Waals surface area contributed by atoms with Gasteiger partial charge in [-0.25, -0.2) is 0 Å². The molecule has 0 saturated carbocycles. The molecule has 0 amide bonds. The first-order valence-electron chi connectivity index (χ1n) is 8.89. The van der Waals surface area contributed by atoms with Crippen molar-refractivity contribution in [2.24, 2.45) is 0 Å². The molecule has 0 N–H and O–H groups in total. The molecule has 3 rings (SSSR count). The first kappa shape index (κ1) is 18.4. The van der Waals surface area contributed by atoms with Crippen LogP contribution in [0.4, 0.5) is 0 Å². The number of ether oxygens (including phenoxy) is 1. The fraction of sp³-hybridized carbons (Fsp3) is 0.579. The van der Waals surface area contributed by atoms with Crippen molar-refractivity contribution < 1.29 is 4.74 Å². The zero-order valence-corrected chi connectivity index (χ0v) is 16.5. The fourth-order valence-electron chi connectivity index (χ4n) is 3.32. The monoisotopic (exact) mass is 360 g/mol. The van der Waals surface area contributed by atoms with Crippen molar-refractivity contribution in [3.63, 3.8) is 0 Å². The van der Waals surface area contributed by atoms with Gasteiger partial charge in [0.25, 0.3) is 0 Å². The molecule has 1 atom stereocenters. The number of hydrogen-bond acceptors (Lipinski definition) is 5. The standard InChI is InChI=1S/C19H28N4OS/c1-14-7-8-15(2)16(10-14)11-22(3)13-18-20-21-19(25-4)23(18)12-17-6-5-9-24-17/h7-8,10,17H,5-6,9,11-13H2,1-4H3. The van der Waals surface area contributed by atoms with E-state index >= 15 is 0 Å². The van der Waals surface area contributed by atoms with Gasteiger partial charge >= 0.3 is 0 Å². The summed E-state index contributed by atoms with van der Waals surface area (Å²) < 4.78 is 8.05. The molecule has 136 valence electrons. The molecule has 2 heterocycles. The minimum absolute atomic E-state index is 0.296. The van der Waals surface area contributed by atoms with Gasteiger partial charge in [-0.1, -0.05) is 35.5 Å². The van der Waals surface area contributed by atoms with Crippen molar-refractivity contribution in [2.45, 2.75) is 57.6 Å². The smallest absolute Gasteiger partial charge is 0.191 e. The van der Waals surface area contributed by atoms with E-state index in [0.29, 0.717) is 6.10 Å². The molecule has 5 nitrogen and oxygen atoms in total. The zero-order chi connectivity index (χ0) is 17.8. The minimum Gasteiger partial charge on any atom is -0.376 e. The van der Waals surface area contributed by atoms with Crippen LogP contribution in [0, 0.1) is 13.8 Å². The third-order valence-corrected chi connectivity index (χ3v) is 5.41. The minimum atomic E-state index is 0.296. The molecule has 25 heavy (non-hydrogen) atoms. The van der Waals surface area contributed by atoms with Gasteiger partial charge in [0.2, 0.25) is 0 Å². The van der Waals surface area contributed by atoms with E-state index in [1.807, 2.05) is 0 Å². The third kappa shape index (κ3) is 4.63. The summed E-state index contributed by atoms with van der Waals surface area (Å²) in [6.07, 6.45) is 4.64. The molecule has 1 aromatic carbocycles. The quantitative estimate of drug-likeness (QED) is 0.708. The molecule has 1 aliphatic rings. The molecular formula is C19H28N4OS. The van der Waals surface area contributed by atoms with E-state index in [4.69, 9.17) is 4.74 Å². The maximum Gasteiger partial charge on any atom is 0.191 e. The highest BCUT2D eigenvalue weighted by Crippen LogP contribution is 2.21. The van der Waals surface area contributed by atoms with E-state index in [9.17, 15) is 0 Å². The van der Waals surface area contributed by atoms with Crippen molar-refractivity contribution in [3.8, 4) is 0 Å². The van der Waals surface area contributed by atoms with Gasteiger partial charge in [-0.15, -0.1) is 10.2 Å². The number of benzene rings is 1. The van der Waals surface area contributed by atoms with Gasteiger partial charge < -0.3 is 9.30 Å². The fourth-order valence-corrected chi connectivity index (χ4v) is 3.84. The summed E-state index contributed by atoms with van der Waals surface area (Å²) in [7, 11) is 2.14. The van der Waals surface area contributed by atoms with Crippen LogP contribution in [0.15, 0.2) is 23.4 Å². The Balaban J connectivity index is 1.71. The Kier molecular flexibility index (Phi) is 6.15. The molecule has 0 aliphatic carbocycles. The second-order valence-electron chi connectivity index (χ2n) is 6.95. The van der Waals surface area contributed by atoms with E-state index in [-0.39, 0.29) is 0 Å². The summed E-state index contributed by atoms with van der Waals surface area (Å²) in [5, 5.41) is 9.79. The van der Waals surface area contributed by atoms with Crippen LogP contribution in [0.2, 0.25) is 0 Å². The molecule has 0 radical (unpaired) electrons. The normalized spacial score (nSPS) is 17.6. The first-order valence-corrected chi connectivity index (χ1v) is 10.1. The zero-order valence-electron chi connectivity index (χ0n) is 15.7. The van der Waals surface area contributed by atoms with Crippen molar-refractivity contribution in [1.29, 1.82) is 0 Å². The van der Waals surface area contributed by atoms with E-state index in [0.717, 1.165) is 50.1 Å². The molecule has 1 aromatic heterocycles. The highest BCUT2D eigenvalue weighted by atomic mass is 32.2.